The zero-order chi connectivity index (χ0) is 35.5. The minimum atomic E-state index is -4.61. The number of pyridine rings is 1. The average molecular weight is 737 g/mol. The third-order valence-corrected chi connectivity index (χ3v) is 9.78. The van der Waals surface area contributed by atoms with Gasteiger partial charge in [-0.25, -0.2) is 4.98 Å². The molecule has 0 unspecified atom stereocenters. The molecule has 0 bridgehead atoms. The Morgan fingerprint density at radius 2 is 1.74 bits per heavy atom. The number of alkyl halides is 3. The molecule has 3 aromatic heterocycles. The van der Waals surface area contributed by atoms with E-state index in [4.69, 9.17) is 32.9 Å². The zero-order valence-corrected chi connectivity index (χ0v) is 28.0. The number of anilines is 3. The Labute approximate surface area is 292 Å². The predicted octanol–water partition coefficient (Wildman–Crippen LogP) is 3.80. The number of fused-ring (bicyclic) bond motifs is 3. The van der Waals surface area contributed by atoms with E-state index in [0.717, 1.165) is 18.2 Å². The van der Waals surface area contributed by atoms with Gasteiger partial charge in [0.2, 0.25) is 17.6 Å². The third kappa shape index (κ3) is 5.96. The molecular formula is C31H30Cl2F3N9O5. The van der Waals surface area contributed by atoms with Crippen LogP contribution in [0.3, 0.4) is 0 Å². The summed E-state index contributed by atoms with van der Waals surface area (Å²) >= 11 is 12.2. The largest absolute Gasteiger partial charge is 0.504 e. The molecule has 3 aliphatic rings. The van der Waals surface area contributed by atoms with E-state index in [2.05, 4.69) is 15.4 Å². The van der Waals surface area contributed by atoms with Gasteiger partial charge >= 0.3 is 6.18 Å². The number of aromatic hydroxyl groups is 1. The van der Waals surface area contributed by atoms with Gasteiger partial charge < -0.3 is 29.9 Å². The Morgan fingerprint density at radius 1 is 1.02 bits per heavy atom. The van der Waals surface area contributed by atoms with Crippen molar-refractivity contribution in [3.05, 3.63) is 67.8 Å². The molecule has 2 amide bonds. The van der Waals surface area contributed by atoms with E-state index in [1.165, 1.54) is 21.7 Å². The second-order valence-corrected chi connectivity index (χ2v) is 13.0. The average Bonchev–Trinajstić information content (AvgIpc) is 3.69. The van der Waals surface area contributed by atoms with Crippen LogP contribution in [-0.2, 0) is 15.7 Å². The molecular weight excluding hydrogens is 706 g/mol. The first kappa shape index (κ1) is 33.9. The van der Waals surface area contributed by atoms with Crippen LogP contribution in [0.4, 0.5) is 30.5 Å². The lowest BCUT2D eigenvalue weighted by Gasteiger charge is -2.36. The molecule has 19 heteroatoms. The van der Waals surface area contributed by atoms with E-state index < -0.39 is 40.9 Å². The summed E-state index contributed by atoms with van der Waals surface area (Å²) in [5, 5.41) is 17.3. The van der Waals surface area contributed by atoms with E-state index in [1.807, 2.05) is 16.7 Å². The van der Waals surface area contributed by atoms with Crippen molar-refractivity contribution < 1.29 is 32.6 Å². The number of piperazine rings is 1. The van der Waals surface area contributed by atoms with E-state index >= 15 is 0 Å². The number of rotatable bonds is 5. The number of hydrogen-bond acceptors (Lipinski definition) is 10. The summed E-state index contributed by atoms with van der Waals surface area (Å²) in [6.07, 6.45) is -3.04. The minimum absolute atomic E-state index is 0.000416. The molecule has 14 nitrogen and oxygen atoms in total. The van der Waals surface area contributed by atoms with Crippen molar-refractivity contribution in [1.29, 1.82) is 0 Å². The van der Waals surface area contributed by atoms with Crippen molar-refractivity contribution in [3.8, 4) is 5.75 Å². The van der Waals surface area contributed by atoms with Gasteiger partial charge in [-0.15, -0.1) is 5.10 Å². The lowest BCUT2D eigenvalue weighted by atomic mass is 10.0. The first-order valence-corrected chi connectivity index (χ1v) is 16.5. The Morgan fingerprint density at radius 3 is 2.42 bits per heavy atom. The van der Waals surface area contributed by atoms with Crippen LogP contribution in [-0.4, -0.2) is 98.5 Å². The van der Waals surface area contributed by atoms with Crippen molar-refractivity contribution >= 4 is 58.1 Å². The van der Waals surface area contributed by atoms with Crippen molar-refractivity contribution in [2.24, 2.45) is 0 Å². The summed E-state index contributed by atoms with van der Waals surface area (Å²) in [7, 11) is 0. The van der Waals surface area contributed by atoms with Crippen LogP contribution in [0.1, 0.15) is 47.1 Å². The highest BCUT2D eigenvalue weighted by Gasteiger charge is 2.41. The smallest absolute Gasteiger partial charge is 0.416 e. The summed E-state index contributed by atoms with van der Waals surface area (Å²) in [6, 6.07) is 3.12. The van der Waals surface area contributed by atoms with Gasteiger partial charge in [-0.05, 0) is 30.7 Å². The standard InChI is InChI=1S/C31H30Cl2F3N9O5/c1-16-14-21(26(47)38-20-3-2-17(15-19(20)33)31(34,35)36)44-23(16)24(28(49)45-30(44)39-29(40-45)43-10-12-50-13-11-43)41-6-8-42(9-7-41)27(48)22-25(46)18(32)4-5-37-22/h2-5,15-16,21,46H,6-14H2,1H3,(H,38,47)/t16-,21+/m1/s1. The van der Waals surface area contributed by atoms with Crippen LogP contribution in [0.25, 0.3) is 5.78 Å². The third-order valence-electron chi connectivity index (χ3n) is 9.16. The highest BCUT2D eigenvalue weighted by Crippen LogP contribution is 2.42. The fraction of sp³-hybridized carbons (Fsp3) is 0.419. The number of carbonyl (C=O) groups excluding carboxylic acids is 2. The molecule has 0 radical (unpaired) electrons. The molecule has 2 saturated heterocycles. The number of aromatic nitrogens is 5. The van der Waals surface area contributed by atoms with Gasteiger partial charge in [0, 0.05) is 51.4 Å². The Hall–Kier alpha value is -4.61. The normalized spacial score (nSPS) is 19.6. The van der Waals surface area contributed by atoms with Crippen molar-refractivity contribution in [1.82, 2.24) is 29.0 Å². The van der Waals surface area contributed by atoms with Gasteiger partial charge in [0.1, 0.15) is 11.7 Å². The molecule has 1 aromatic carbocycles. The van der Waals surface area contributed by atoms with Crippen LogP contribution < -0.4 is 20.7 Å². The van der Waals surface area contributed by atoms with E-state index in [-0.39, 0.29) is 71.7 Å². The maximum Gasteiger partial charge on any atom is 0.416 e. The summed E-state index contributed by atoms with van der Waals surface area (Å²) < 4.78 is 48.0. The highest BCUT2D eigenvalue weighted by atomic mass is 35.5. The maximum atomic E-state index is 14.3. The monoisotopic (exact) mass is 735 g/mol. The van der Waals surface area contributed by atoms with Gasteiger partial charge in [0.15, 0.2) is 11.4 Å². The fourth-order valence-electron chi connectivity index (χ4n) is 6.64. The number of ether oxygens (including phenoxy) is 1. The minimum Gasteiger partial charge on any atom is -0.504 e. The van der Waals surface area contributed by atoms with E-state index in [1.54, 1.807) is 4.57 Å². The van der Waals surface area contributed by atoms with Crippen molar-refractivity contribution in [2.75, 3.05) is 67.6 Å². The molecule has 2 atom stereocenters. The SMILES string of the molecule is C[C@@H]1C[C@@H](C(=O)Nc2ccc(C(F)(F)F)cc2Cl)n2c1c(N1CCN(C(=O)c3nccc(Cl)c3O)CC1)c(=O)n1nc(N3CCOCC3)nc21. The van der Waals surface area contributed by atoms with Gasteiger partial charge in [-0.2, -0.15) is 22.7 Å². The number of nitrogens with one attached hydrogen (secondary N) is 1. The molecule has 3 aliphatic heterocycles. The number of hydrogen-bond donors (Lipinski definition) is 2. The number of amides is 2. The highest BCUT2D eigenvalue weighted by molar-refractivity contribution is 6.34. The molecule has 264 valence electrons. The number of carbonyl (C=O) groups is 2. The van der Waals surface area contributed by atoms with E-state index in [0.29, 0.717) is 37.7 Å². The zero-order valence-electron chi connectivity index (χ0n) is 26.5. The molecule has 2 fully saturated rings. The quantitative estimate of drug-likeness (QED) is 0.310. The molecule has 4 aromatic rings. The molecule has 50 heavy (non-hydrogen) atoms. The Bertz CT molecular complexity index is 2060. The molecule has 7 rings (SSSR count). The molecule has 0 aliphatic carbocycles. The van der Waals surface area contributed by atoms with Crippen LogP contribution >= 0.6 is 23.2 Å². The van der Waals surface area contributed by atoms with Gasteiger partial charge in [0.25, 0.3) is 11.5 Å². The van der Waals surface area contributed by atoms with Crippen LogP contribution in [0.15, 0.2) is 35.3 Å². The Balaban J connectivity index is 1.25. The molecule has 6 heterocycles. The van der Waals surface area contributed by atoms with E-state index in [9.17, 15) is 32.7 Å². The first-order chi connectivity index (χ1) is 23.8. The second kappa shape index (κ2) is 12.9. The molecule has 0 spiro atoms. The molecule has 0 saturated carbocycles. The Kier molecular flexibility index (Phi) is 8.76. The predicted molar refractivity (Wildman–Crippen MR) is 176 cm³/mol. The molecule has 2 N–H and O–H groups in total. The topological polar surface area (TPSA) is 150 Å². The number of halogens is 5. The number of nitrogens with zero attached hydrogens (tertiary/aromatic N) is 8. The van der Waals surface area contributed by atoms with Crippen LogP contribution in [0.5, 0.6) is 5.75 Å². The lowest BCUT2D eigenvalue weighted by molar-refractivity contribution is -0.137. The van der Waals surface area contributed by atoms with Crippen molar-refractivity contribution in [2.45, 2.75) is 31.5 Å². The summed E-state index contributed by atoms with van der Waals surface area (Å²) in [6.45, 7) is 4.57. The second-order valence-electron chi connectivity index (χ2n) is 12.2. The van der Waals surface area contributed by atoms with Crippen LogP contribution in [0, 0.1) is 0 Å². The maximum absolute atomic E-state index is 14.3. The summed E-state index contributed by atoms with van der Waals surface area (Å²) in [5.41, 5.74) is -0.753. The summed E-state index contributed by atoms with van der Waals surface area (Å²) in [4.78, 5) is 55.4. The number of benzene rings is 1. The summed E-state index contributed by atoms with van der Waals surface area (Å²) in [5.74, 6) is -1.41. The van der Waals surface area contributed by atoms with Crippen LogP contribution in [0.2, 0.25) is 10.0 Å². The van der Waals surface area contributed by atoms with Gasteiger partial charge in [0.05, 0.1) is 40.2 Å². The first-order valence-electron chi connectivity index (χ1n) is 15.8. The lowest BCUT2D eigenvalue weighted by Crippen LogP contribution is -2.51. The van der Waals surface area contributed by atoms with Gasteiger partial charge in [-0.3, -0.25) is 19.0 Å². The van der Waals surface area contributed by atoms with Gasteiger partial charge in [-0.1, -0.05) is 30.1 Å². The fourth-order valence-corrected chi connectivity index (χ4v) is 7.02. The number of morpholine rings is 1. The van der Waals surface area contributed by atoms with Crippen molar-refractivity contribution in [3.63, 3.8) is 0 Å².